The van der Waals surface area contributed by atoms with Crippen LogP contribution in [0.4, 0.5) is 0 Å². The molecule has 0 aliphatic rings. The summed E-state index contributed by atoms with van der Waals surface area (Å²) in [5.41, 5.74) is -0.515. The van der Waals surface area contributed by atoms with Crippen LogP contribution in [0.1, 0.15) is 139 Å². The zero-order chi connectivity index (χ0) is 21.1. The van der Waals surface area contributed by atoms with E-state index in [2.05, 4.69) is 13.8 Å². The predicted octanol–water partition coefficient (Wildman–Crippen LogP) is 1.67. The molecule has 0 amide bonds. The van der Waals surface area contributed by atoms with Crippen molar-refractivity contribution in [1.29, 1.82) is 0 Å². The first kappa shape index (κ1) is 35.1. The molecule has 30 heavy (non-hydrogen) atoms. The summed E-state index contributed by atoms with van der Waals surface area (Å²) >= 11 is 0. The Hall–Kier alpha value is 0.537. The Morgan fingerprint density at radius 3 is 1.40 bits per heavy atom. The van der Waals surface area contributed by atoms with E-state index in [9.17, 15) is 9.59 Å². The van der Waals surface area contributed by atoms with Crippen molar-refractivity contribution >= 4 is 11.9 Å². The van der Waals surface area contributed by atoms with E-state index < -0.39 is 24.0 Å². The molecule has 0 fully saturated rings. The molecular weight excluding hydrogens is 382 g/mol. The van der Waals surface area contributed by atoms with E-state index in [-0.39, 0.29) is 51.3 Å². The number of ether oxygens (including phenoxy) is 1. The van der Waals surface area contributed by atoms with Crippen molar-refractivity contribution in [2.24, 2.45) is 0 Å². The summed E-state index contributed by atoms with van der Waals surface area (Å²) in [6.07, 6.45) is 19.8. The second-order valence-electron chi connectivity index (χ2n) is 8.59. The van der Waals surface area contributed by atoms with Gasteiger partial charge in [0.15, 0.2) is 0 Å². The Morgan fingerprint density at radius 2 is 1.07 bits per heavy atom. The van der Waals surface area contributed by atoms with Crippen molar-refractivity contribution in [2.45, 2.75) is 142 Å². The maximum absolute atomic E-state index is 11.9. The number of carbonyl (C=O) groups is 2. The standard InChI is InChI=1S/C24H46O4.Li.Na.2H/c1-4-6-8-10-11-12-13-14-16-18-20-24(3,19-17-15-9-7-5-2)28-23(27)21-22(25)26;;;;/h4-21H2,1-3H3,(H,25,26);;;;/q;2*+1;2*-1. The second kappa shape index (κ2) is 24.2. The molecule has 0 bridgehead atoms. The minimum Gasteiger partial charge on any atom is -1.00 e. The summed E-state index contributed by atoms with van der Waals surface area (Å²) in [5, 5.41) is 8.82. The van der Waals surface area contributed by atoms with Crippen LogP contribution in [0, 0.1) is 0 Å². The normalized spacial score (nSPS) is 12.4. The molecule has 1 atom stereocenters. The van der Waals surface area contributed by atoms with Crippen LogP contribution in [-0.4, -0.2) is 22.6 Å². The van der Waals surface area contributed by atoms with E-state index in [4.69, 9.17) is 9.84 Å². The first-order chi connectivity index (χ1) is 13.4. The second-order valence-corrected chi connectivity index (χ2v) is 8.59. The third-order valence-corrected chi connectivity index (χ3v) is 5.52. The fourth-order valence-electron chi connectivity index (χ4n) is 3.75. The van der Waals surface area contributed by atoms with Gasteiger partial charge in [-0.2, -0.15) is 0 Å². The van der Waals surface area contributed by atoms with Crippen molar-refractivity contribution in [1.82, 2.24) is 0 Å². The average Bonchev–Trinajstić information content (AvgIpc) is 2.62. The number of esters is 1. The molecule has 170 valence electrons. The molecule has 6 heteroatoms. The fourth-order valence-corrected chi connectivity index (χ4v) is 3.75. The molecule has 0 saturated heterocycles. The predicted molar refractivity (Wildman–Crippen MR) is 119 cm³/mol. The molecule has 0 aromatic rings. The molecule has 0 aromatic carbocycles. The van der Waals surface area contributed by atoms with Crippen LogP contribution in [0.5, 0.6) is 0 Å². The van der Waals surface area contributed by atoms with Crippen LogP contribution >= 0.6 is 0 Å². The van der Waals surface area contributed by atoms with Gasteiger partial charge in [-0.3, -0.25) is 9.59 Å². The van der Waals surface area contributed by atoms with Gasteiger partial charge in [0.05, 0.1) is 0 Å². The summed E-state index contributed by atoms with van der Waals surface area (Å²) in [6.45, 7) is 6.43. The van der Waals surface area contributed by atoms with Gasteiger partial charge in [0.2, 0.25) is 0 Å². The quantitative estimate of drug-likeness (QED) is 0.138. The minimum absolute atomic E-state index is 0. The Morgan fingerprint density at radius 1 is 0.733 bits per heavy atom. The van der Waals surface area contributed by atoms with E-state index >= 15 is 0 Å². The van der Waals surface area contributed by atoms with Crippen molar-refractivity contribution < 1.29 is 70.7 Å². The Balaban J connectivity index is -0.000000607. The third-order valence-electron chi connectivity index (χ3n) is 5.52. The molecule has 0 aromatic heterocycles. The molecule has 1 N–H and O–H groups in total. The molecule has 0 saturated carbocycles. The minimum atomic E-state index is -1.12. The first-order valence-corrected chi connectivity index (χ1v) is 11.9. The van der Waals surface area contributed by atoms with E-state index in [1.165, 1.54) is 70.6 Å². The Labute approximate surface area is 223 Å². The van der Waals surface area contributed by atoms with Gasteiger partial charge in [-0.25, -0.2) is 0 Å². The number of unbranched alkanes of at least 4 members (excludes halogenated alkanes) is 13. The van der Waals surface area contributed by atoms with E-state index in [1.54, 1.807) is 0 Å². The molecule has 0 aliphatic carbocycles. The summed E-state index contributed by atoms with van der Waals surface area (Å²) < 4.78 is 5.62. The maximum Gasteiger partial charge on any atom is 1.00 e. The van der Waals surface area contributed by atoms with Gasteiger partial charge in [-0.1, -0.05) is 97.3 Å². The molecule has 0 radical (unpaired) electrons. The van der Waals surface area contributed by atoms with Crippen molar-refractivity contribution in [3.8, 4) is 0 Å². The Kier molecular flexibility index (Phi) is 28.3. The van der Waals surface area contributed by atoms with Gasteiger partial charge in [0.1, 0.15) is 12.0 Å². The van der Waals surface area contributed by atoms with Crippen LogP contribution in [0.2, 0.25) is 0 Å². The van der Waals surface area contributed by atoms with Crippen molar-refractivity contribution in [3.05, 3.63) is 0 Å². The number of aliphatic carboxylic acids is 1. The van der Waals surface area contributed by atoms with Gasteiger partial charge >= 0.3 is 60.4 Å². The zero-order valence-electron chi connectivity index (χ0n) is 22.9. The first-order valence-electron chi connectivity index (χ1n) is 11.9. The molecule has 0 rings (SSSR count). The molecule has 1 unspecified atom stereocenters. The smallest absolute Gasteiger partial charge is 1.00 e. The van der Waals surface area contributed by atoms with Crippen LogP contribution in [0.15, 0.2) is 0 Å². The number of carboxylic acids is 1. The van der Waals surface area contributed by atoms with Crippen LogP contribution in [0.3, 0.4) is 0 Å². The topological polar surface area (TPSA) is 63.6 Å². The van der Waals surface area contributed by atoms with Gasteiger partial charge in [0.25, 0.3) is 0 Å². The van der Waals surface area contributed by atoms with Gasteiger partial charge in [0, 0.05) is 0 Å². The molecule has 4 nitrogen and oxygen atoms in total. The Bertz CT molecular complexity index is 417. The van der Waals surface area contributed by atoms with Crippen LogP contribution in [0.25, 0.3) is 0 Å². The van der Waals surface area contributed by atoms with Crippen molar-refractivity contribution in [3.63, 3.8) is 0 Å². The monoisotopic (exact) mass is 430 g/mol. The molecular formula is C24H48LiNaO4. The summed E-state index contributed by atoms with van der Waals surface area (Å²) in [7, 11) is 0. The number of hydrogen-bond acceptors (Lipinski definition) is 3. The summed E-state index contributed by atoms with van der Waals surface area (Å²) in [5.74, 6) is -1.72. The van der Waals surface area contributed by atoms with Crippen LogP contribution in [-0.2, 0) is 14.3 Å². The largest absolute Gasteiger partial charge is 1.00 e. The maximum atomic E-state index is 11.9. The summed E-state index contributed by atoms with van der Waals surface area (Å²) in [6, 6.07) is 0. The van der Waals surface area contributed by atoms with E-state index in [0.717, 1.165) is 38.5 Å². The van der Waals surface area contributed by atoms with Crippen molar-refractivity contribution in [2.75, 3.05) is 0 Å². The number of carboxylic acid groups (broad SMARTS) is 1. The fraction of sp³-hybridized carbons (Fsp3) is 0.917. The van der Waals surface area contributed by atoms with Crippen LogP contribution < -0.4 is 48.4 Å². The summed E-state index contributed by atoms with van der Waals surface area (Å²) in [4.78, 5) is 22.7. The molecule has 0 aliphatic heterocycles. The zero-order valence-corrected chi connectivity index (χ0v) is 22.9. The van der Waals surface area contributed by atoms with E-state index in [0.29, 0.717) is 0 Å². The molecule has 0 spiro atoms. The number of carbonyl (C=O) groups excluding carboxylic acids is 1. The number of hydrogen-bond donors (Lipinski definition) is 1. The van der Waals surface area contributed by atoms with Gasteiger partial charge in [-0.15, -0.1) is 0 Å². The van der Waals surface area contributed by atoms with Gasteiger partial charge in [-0.05, 0) is 32.6 Å². The third kappa shape index (κ3) is 23.2. The van der Waals surface area contributed by atoms with E-state index in [1.807, 2.05) is 6.92 Å². The SMILES string of the molecule is CCCCCCCCCCCCC(C)(CCCCCCC)OC(=O)CC(=O)O.[H-].[H-].[Li+].[Na+]. The average molecular weight is 431 g/mol. The van der Waals surface area contributed by atoms with Gasteiger partial charge < -0.3 is 12.7 Å². The number of rotatable bonds is 20. The molecule has 0 heterocycles.